The van der Waals surface area contributed by atoms with E-state index in [9.17, 15) is 14.7 Å². The van der Waals surface area contributed by atoms with Crippen molar-refractivity contribution in [3.8, 4) is 5.88 Å². The predicted molar refractivity (Wildman–Crippen MR) is 65.8 cm³/mol. The van der Waals surface area contributed by atoms with E-state index in [2.05, 4.69) is 9.97 Å². The fourth-order valence-electron chi connectivity index (χ4n) is 1.74. The second kappa shape index (κ2) is 4.48. The van der Waals surface area contributed by atoms with Crippen LogP contribution in [0.15, 0.2) is 34.0 Å². The molecule has 0 amide bonds. The molecule has 18 heavy (non-hydrogen) atoms. The van der Waals surface area contributed by atoms with Gasteiger partial charge in [-0.1, -0.05) is 6.07 Å². The van der Waals surface area contributed by atoms with E-state index in [0.717, 1.165) is 4.57 Å². The van der Waals surface area contributed by atoms with Gasteiger partial charge in [0, 0.05) is 6.20 Å². The Morgan fingerprint density at radius 1 is 1.39 bits per heavy atom. The maximum absolute atomic E-state index is 11.7. The maximum Gasteiger partial charge on any atom is 0.331 e. The lowest BCUT2D eigenvalue weighted by Gasteiger charge is -2.16. The monoisotopic (exact) mass is 247 g/mol. The lowest BCUT2D eigenvalue weighted by atomic mass is 10.2. The Balaban J connectivity index is 2.63. The number of aromatic nitrogens is 3. The number of H-pyrrole nitrogens is 1. The van der Waals surface area contributed by atoms with Crippen LogP contribution in [-0.2, 0) is 0 Å². The third-order valence-electron chi connectivity index (χ3n) is 2.85. The second-order valence-electron chi connectivity index (χ2n) is 4.01. The molecule has 0 aromatic carbocycles. The van der Waals surface area contributed by atoms with Crippen LogP contribution in [0.1, 0.15) is 24.2 Å². The fraction of sp³-hybridized carbons (Fsp3) is 0.250. The Hall–Kier alpha value is -2.37. The van der Waals surface area contributed by atoms with Crippen LogP contribution in [0.25, 0.3) is 0 Å². The number of pyridine rings is 1. The quantitative estimate of drug-likeness (QED) is 0.811. The summed E-state index contributed by atoms with van der Waals surface area (Å²) in [5.74, 6) is -0.332. The molecule has 0 saturated heterocycles. The zero-order valence-corrected chi connectivity index (χ0v) is 10.0. The maximum atomic E-state index is 11.7. The molecule has 2 N–H and O–H groups in total. The molecule has 0 spiro atoms. The Bertz CT molecular complexity index is 673. The SMILES string of the molecule is Cc1c(O)n(C(C)c2ccccn2)c(=O)[nH]c1=O. The Morgan fingerprint density at radius 2 is 2.11 bits per heavy atom. The van der Waals surface area contributed by atoms with Gasteiger partial charge in [0.25, 0.3) is 5.56 Å². The molecule has 2 heterocycles. The van der Waals surface area contributed by atoms with Crippen molar-refractivity contribution in [1.82, 2.24) is 14.5 Å². The largest absolute Gasteiger partial charge is 0.494 e. The summed E-state index contributed by atoms with van der Waals surface area (Å²) in [6.07, 6.45) is 1.60. The Morgan fingerprint density at radius 3 is 2.72 bits per heavy atom. The molecule has 0 aliphatic carbocycles. The third kappa shape index (κ3) is 1.92. The third-order valence-corrected chi connectivity index (χ3v) is 2.85. The highest BCUT2D eigenvalue weighted by Gasteiger charge is 2.17. The molecular weight excluding hydrogens is 234 g/mol. The average Bonchev–Trinajstić information content (AvgIpc) is 2.37. The normalized spacial score (nSPS) is 12.3. The van der Waals surface area contributed by atoms with Crippen LogP contribution >= 0.6 is 0 Å². The molecule has 0 aliphatic rings. The standard InChI is InChI=1S/C12H13N3O3/c1-7-10(16)14-12(18)15(11(7)17)8(2)9-5-3-4-6-13-9/h3-6,8,17H,1-2H3,(H,14,16,18). The Labute approximate surface area is 103 Å². The second-order valence-corrected chi connectivity index (χ2v) is 4.01. The molecule has 6 heteroatoms. The minimum Gasteiger partial charge on any atom is -0.494 e. The molecular formula is C12H13N3O3. The van der Waals surface area contributed by atoms with Crippen molar-refractivity contribution in [3.05, 3.63) is 56.5 Å². The summed E-state index contributed by atoms with van der Waals surface area (Å²) in [5.41, 5.74) is -0.498. The molecule has 2 aromatic heterocycles. The summed E-state index contributed by atoms with van der Waals surface area (Å²) in [6.45, 7) is 3.18. The predicted octanol–water partition coefficient (Wildman–Crippen LogP) is 0.555. The van der Waals surface area contributed by atoms with Gasteiger partial charge in [0.2, 0.25) is 5.88 Å². The number of hydrogen-bond acceptors (Lipinski definition) is 4. The zero-order valence-electron chi connectivity index (χ0n) is 10.0. The molecule has 2 rings (SSSR count). The summed E-state index contributed by atoms with van der Waals surface area (Å²) < 4.78 is 1.11. The van der Waals surface area contributed by atoms with Crippen molar-refractivity contribution >= 4 is 0 Å². The first-order valence-corrected chi connectivity index (χ1v) is 5.47. The minimum atomic E-state index is -0.652. The van der Waals surface area contributed by atoms with Gasteiger partial charge in [-0.2, -0.15) is 0 Å². The van der Waals surface area contributed by atoms with Crippen LogP contribution in [0, 0.1) is 6.92 Å². The smallest absolute Gasteiger partial charge is 0.331 e. The molecule has 1 unspecified atom stereocenters. The summed E-state index contributed by atoms with van der Waals surface area (Å²) >= 11 is 0. The van der Waals surface area contributed by atoms with Crippen LogP contribution in [0.2, 0.25) is 0 Å². The first kappa shape index (κ1) is 12.1. The van der Waals surface area contributed by atoms with Crippen molar-refractivity contribution in [2.75, 3.05) is 0 Å². The van der Waals surface area contributed by atoms with E-state index in [-0.39, 0.29) is 11.4 Å². The van der Waals surface area contributed by atoms with E-state index >= 15 is 0 Å². The van der Waals surface area contributed by atoms with Crippen LogP contribution < -0.4 is 11.2 Å². The van der Waals surface area contributed by atoms with Gasteiger partial charge in [-0.15, -0.1) is 0 Å². The summed E-state index contributed by atoms with van der Waals surface area (Å²) in [6, 6.07) is 4.84. The van der Waals surface area contributed by atoms with Gasteiger partial charge in [0.15, 0.2) is 0 Å². The van der Waals surface area contributed by atoms with E-state index in [0.29, 0.717) is 5.69 Å². The van der Waals surface area contributed by atoms with Gasteiger partial charge in [0.05, 0.1) is 17.3 Å². The van der Waals surface area contributed by atoms with Crippen LogP contribution in [0.3, 0.4) is 0 Å². The van der Waals surface area contributed by atoms with Crippen molar-refractivity contribution in [3.63, 3.8) is 0 Å². The number of aromatic hydroxyl groups is 1. The molecule has 2 aromatic rings. The van der Waals surface area contributed by atoms with Crippen molar-refractivity contribution in [2.24, 2.45) is 0 Å². The van der Waals surface area contributed by atoms with E-state index in [1.54, 1.807) is 31.3 Å². The molecule has 1 atom stereocenters. The number of nitrogens with zero attached hydrogens (tertiary/aromatic N) is 2. The summed E-state index contributed by atoms with van der Waals surface area (Å²) in [7, 11) is 0. The van der Waals surface area contributed by atoms with E-state index in [4.69, 9.17) is 0 Å². The number of nitrogens with one attached hydrogen (secondary N) is 1. The number of aromatic amines is 1. The number of hydrogen-bond donors (Lipinski definition) is 2. The molecule has 0 radical (unpaired) electrons. The average molecular weight is 247 g/mol. The lowest BCUT2D eigenvalue weighted by Crippen LogP contribution is -2.33. The first-order valence-electron chi connectivity index (χ1n) is 5.47. The van der Waals surface area contributed by atoms with Gasteiger partial charge in [-0.05, 0) is 26.0 Å². The molecule has 6 nitrogen and oxygen atoms in total. The van der Waals surface area contributed by atoms with Crippen LogP contribution in [-0.4, -0.2) is 19.6 Å². The summed E-state index contributed by atoms with van der Waals surface area (Å²) in [4.78, 5) is 29.4. The molecule has 0 bridgehead atoms. The first-order chi connectivity index (χ1) is 8.52. The number of rotatable bonds is 2. The van der Waals surface area contributed by atoms with Gasteiger partial charge < -0.3 is 5.11 Å². The lowest BCUT2D eigenvalue weighted by molar-refractivity contribution is 0.382. The zero-order chi connectivity index (χ0) is 13.3. The molecule has 94 valence electrons. The molecule has 0 saturated carbocycles. The van der Waals surface area contributed by atoms with Gasteiger partial charge in [-0.3, -0.25) is 19.3 Å². The molecule has 0 aliphatic heterocycles. The highest BCUT2D eigenvalue weighted by molar-refractivity contribution is 5.23. The van der Waals surface area contributed by atoms with E-state index in [1.165, 1.54) is 6.92 Å². The van der Waals surface area contributed by atoms with Crippen molar-refractivity contribution in [1.29, 1.82) is 0 Å². The Kier molecular flexibility index (Phi) is 3.01. The van der Waals surface area contributed by atoms with E-state index < -0.39 is 17.3 Å². The highest BCUT2D eigenvalue weighted by Crippen LogP contribution is 2.19. The van der Waals surface area contributed by atoms with Gasteiger partial charge in [0.1, 0.15) is 0 Å². The molecule has 0 fully saturated rings. The topological polar surface area (TPSA) is 88.0 Å². The van der Waals surface area contributed by atoms with Gasteiger partial charge in [-0.25, -0.2) is 4.79 Å². The van der Waals surface area contributed by atoms with Crippen LogP contribution in [0.5, 0.6) is 5.88 Å². The minimum absolute atomic E-state index is 0.109. The van der Waals surface area contributed by atoms with E-state index in [1.807, 2.05) is 0 Å². The summed E-state index contributed by atoms with van der Waals surface area (Å²) in [5, 5.41) is 9.91. The van der Waals surface area contributed by atoms with Crippen LogP contribution in [0.4, 0.5) is 0 Å². The van der Waals surface area contributed by atoms with Crippen molar-refractivity contribution in [2.45, 2.75) is 19.9 Å². The van der Waals surface area contributed by atoms with Gasteiger partial charge >= 0.3 is 5.69 Å². The highest BCUT2D eigenvalue weighted by atomic mass is 16.3. The van der Waals surface area contributed by atoms with Crippen molar-refractivity contribution < 1.29 is 5.11 Å². The fourth-order valence-corrected chi connectivity index (χ4v) is 1.74.